The summed E-state index contributed by atoms with van der Waals surface area (Å²) in [6, 6.07) is 3.87. The summed E-state index contributed by atoms with van der Waals surface area (Å²) in [7, 11) is 0. The van der Waals surface area contributed by atoms with Gasteiger partial charge in [0.05, 0.1) is 0 Å². The number of thioether (sulfide) groups is 1. The molecule has 1 aliphatic heterocycles. The molecule has 0 aliphatic carbocycles. The zero-order chi connectivity index (χ0) is 15.9. The maximum atomic E-state index is 12.0. The summed E-state index contributed by atoms with van der Waals surface area (Å²) >= 11 is 1.58. The largest absolute Gasteiger partial charge is 0.454 e. The normalized spacial score (nSPS) is 13.4. The molecular formula is C13H18N4O4S. The van der Waals surface area contributed by atoms with Crippen LogP contribution in [0.5, 0.6) is 11.5 Å². The summed E-state index contributed by atoms with van der Waals surface area (Å²) in [5, 5.41) is 5.24. The van der Waals surface area contributed by atoms with Crippen molar-refractivity contribution in [3.63, 3.8) is 0 Å². The lowest BCUT2D eigenvalue weighted by atomic mass is 10.2. The second kappa shape index (κ2) is 7.76. The van der Waals surface area contributed by atoms with E-state index in [1.807, 2.05) is 11.7 Å². The van der Waals surface area contributed by atoms with E-state index < -0.39 is 18.0 Å². The lowest BCUT2D eigenvalue weighted by molar-refractivity contribution is -0.123. The van der Waals surface area contributed by atoms with E-state index in [0.717, 1.165) is 5.75 Å². The number of rotatable bonds is 6. The van der Waals surface area contributed by atoms with Gasteiger partial charge in [-0.05, 0) is 30.6 Å². The Balaban J connectivity index is 1.94. The predicted octanol–water partition coefficient (Wildman–Crippen LogP) is 0.648. The highest BCUT2D eigenvalue weighted by atomic mass is 32.2. The van der Waals surface area contributed by atoms with Crippen LogP contribution in [0, 0.1) is 0 Å². The van der Waals surface area contributed by atoms with Crippen molar-refractivity contribution in [3.8, 4) is 11.5 Å². The molecule has 0 saturated heterocycles. The maximum Gasteiger partial charge on any atom is 0.319 e. The van der Waals surface area contributed by atoms with Crippen molar-refractivity contribution >= 4 is 29.4 Å². The van der Waals surface area contributed by atoms with Crippen molar-refractivity contribution in [2.45, 2.75) is 12.5 Å². The molecule has 2 rings (SSSR count). The van der Waals surface area contributed by atoms with Gasteiger partial charge in [0, 0.05) is 11.8 Å². The minimum atomic E-state index is -0.688. The van der Waals surface area contributed by atoms with E-state index in [1.165, 1.54) is 0 Å². The van der Waals surface area contributed by atoms with Crippen LogP contribution in [0.25, 0.3) is 0 Å². The maximum absolute atomic E-state index is 12.0. The predicted molar refractivity (Wildman–Crippen MR) is 83.8 cm³/mol. The molecule has 22 heavy (non-hydrogen) atoms. The second-order valence-corrected chi connectivity index (χ2v) is 5.49. The van der Waals surface area contributed by atoms with Gasteiger partial charge in [-0.25, -0.2) is 10.6 Å². The molecule has 0 aromatic heterocycles. The zero-order valence-corrected chi connectivity index (χ0v) is 12.9. The van der Waals surface area contributed by atoms with Crippen LogP contribution < -0.4 is 31.4 Å². The zero-order valence-electron chi connectivity index (χ0n) is 12.0. The van der Waals surface area contributed by atoms with Crippen LogP contribution >= 0.6 is 11.8 Å². The van der Waals surface area contributed by atoms with Crippen LogP contribution in [0.4, 0.5) is 10.5 Å². The minimum Gasteiger partial charge on any atom is -0.454 e. The third kappa shape index (κ3) is 4.18. The average Bonchev–Trinajstić information content (AvgIpc) is 2.98. The smallest absolute Gasteiger partial charge is 0.319 e. The number of hydrazine groups is 1. The molecule has 1 atom stereocenters. The quantitative estimate of drug-likeness (QED) is 0.347. The first-order valence-electron chi connectivity index (χ1n) is 6.60. The van der Waals surface area contributed by atoms with Crippen LogP contribution in [-0.4, -0.2) is 36.8 Å². The van der Waals surface area contributed by atoms with Crippen molar-refractivity contribution in [3.05, 3.63) is 18.2 Å². The van der Waals surface area contributed by atoms with E-state index in [9.17, 15) is 9.59 Å². The number of amides is 3. The van der Waals surface area contributed by atoms with Gasteiger partial charge in [-0.1, -0.05) is 0 Å². The molecule has 3 amide bonds. The highest BCUT2D eigenvalue weighted by Gasteiger charge is 2.20. The van der Waals surface area contributed by atoms with E-state index in [-0.39, 0.29) is 6.79 Å². The van der Waals surface area contributed by atoms with E-state index in [1.54, 1.807) is 30.0 Å². The molecule has 9 heteroatoms. The highest BCUT2D eigenvalue weighted by molar-refractivity contribution is 7.98. The molecule has 0 saturated carbocycles. The number of fused-ring (bicyclic) bond motifs is 1. The highest BCUT2D eigenvalue weighted by Crippen LogP contribution is 2.34. The molecule has 8 nitrogen and oxygen atoms in total. The van der Waals surface area contributed by atoms with Crippen LogP contribution in [0.15, 0.2) is 18.2 Å². The Morgan fingerprint density at radius 3 is 2.86 bits per heavy atom. The van der Waals surface area contributed by atoms with E-state index in [2.05, 4.69) is 10.6 Å². The summed E-state index contributed by atoms with van der Waals surface area (Å²) in [4.78, 5) is 23.6. The third-order valence-electron chi connectivity index (χ3n) is 3.01. The van der Waals surface area contributed by atoms with Crippen molar-refractivity contribution in [2.24, 2.45) is 5.84 Å². The van der Waals surface area contributed by atoms with Gasteiger partial charge in [0.1, 0.15) is 6.04 Å². The Labute approximate surface area is 132 Å². The molecule has 5 N–H and O–H groups in total. The number of benzene rings is 1. The van der Waals surface area contributed by atoms with Crippen LogP contribution in [0.2, 0.25) is 0 Å². The Morgan fingerprint density at radius 1 is 1.36 bits per heavy atom. The van der Waals surface area contributed by atoms with Gasteiger partial charge in [-0.2, -0.15) is 11.8 Å². The Kier molecular flexibility index (Phi) is 5.73. The first-order valence-corrected chi connectivity index (χ1v) is 8.00. The monoisotopic (exact) mass is 326 g/mol. The van der Waals surface area contributed by atoms with Gasteiger partial charge in [0.2, 0.25) is 6.79 Å². The van der Waals surface area contributed by atoms with Gasteiger partial charge < -0.3 is 20.1 Å². The number of carbonyl (C=O) groups is 2. The summed E-state index contributed by atoms with van der Waals surface area (Å²) in [5.41, 5.74) is 2.59. The molecule has 0 unspecified atom stereocenters. The second-order valence-electron chi connectivity index (χ2n) is 4.51. The number of carbonyl (C=O) groups excluding carboxylic acids is 2. The molecule has 1 aliphatic rings. The number of ether oxygens (including phenoxy) is 2. The van der Waals surface area contributed by atoms with Gasteiger partial charge in [0.15, 0.2) is 11.5 Å². The number of anilines is 1. The molecular weight excluding hydrogens is 308 g/mol. The number of nitrogens with one attached hydrogen (secondary N) is 3. The van der Waals surface area contributed by atoms with Crippen LogP contribution in [0.3, 0.4) is 0 Å². The number of urea groups is 1. The van der Waals surface area contributed by atoms with E-state index >= 15 is 0 Å². The molecule has 0 spiro atoms. The topological polar surface area (TPSA) is 115 Å². The van der Waals surface area contributed by atoms with Crippen molar-refractivity contribution in [1.29, 1.82) is 0 Å². The first-order chi connectivity index (χ1) is 10.6. The molecule has 0 radical (unpaired) electrons. The lowest BCUT2D eigenvalue weighted by Gasteiger charge is -2.17. The SMILES string of the molecule is CSCC[C@@H](NC(=O)Nc1ccc2c(c1)OCO2)C(=O)NN. The molecule has 0 bridgehead atoms. The Bertz CT molecular complexity index is 555. The van der Waals surface area contributed by atoms with Gasteiger partial charge in [-0.3, -0.25) is 10.2 Å². The number of nitrogens with two attached hydrogens (primary N) is 1. The number of hydrogen-bond donors (Lipinski definition) is 4. The van der Waals surface area contributed by atoms with Gasteiger partial charge >= 0.3 is 6.03 Å². The Hall–Kier alpha value is -2.13. The minimum absolute atomic E-state index is 0.165. The third-order valence-corrected chi connectivity index (χ3v) is 3.65. The standard InChI is InChI=1S/C13H18N4O4S/c1-22-5-4-9(12(18)17-14)16-13(19)15-8-2-3-10-11(6-8)21-7-20-10/h2-3,6,9H,4-5,7,14H2,1H3,(H,17,18)(H2,15,16,19)/t9-/m1/s1. The van der Waals surface area contributed by atoms with Crippen LogP contribution in [-0.2, 0) is 4.79 Å². The fraction of sp³-hybridized carbons (Fsp3) is 0.385. The van der Waals surface area contributed by atoms with Crippen molar-refractivity contribution in [2.75, 3.05) is 24.1 Å². The van der Waals surface area contributed by atoms with Gasteiger partial charge in [0.25, 0.3) is 5.91 Å². The fourth-order valence-corrected chi connectivity index (χ4v) is 2.38. The lowest BCUT2D eigenvalue weighted by Crippen LogP contribution is -2.50. The summed E-state index contributed by atoms with van der Waals surface area (Å²) in [5.74, 6) is 6.61. The van der Waals surface area contributed by atoms with Gasteiger partial charge in [-0.15, -0.1) is 0 Å². The molecule has 1 aromatic carbocycles. The van der Waals surface area contributed by atoms with E-state index in [0.29, 0.717) is 23.6 Å². The van der Waals surface area contributed by atoms with E-state index in [4.69, 9.17) is 15.3 Å². The average molecular weight is 326 g/mol. The number of hydrogen-bond acceptors (Lipinski definition) is 6. The first kappa shape index (κ1) is 16.2. The summed E-state index contributed by atoms with van der Waals surface area (Å²) in [6.45, 7) is 0.165. The molecule has 0 fully saturated rings. The fourth-order valence-electron chi connectivity index (χ4n) is 1.90. The van der Waals surface area contributed by atoms with Crippen LogP contribution in [0.1, 0.15) is 6.42 Å². The molecule has 1 aromatic rings. The van der Waals surface area contributed by atoms with Crippen molar-refractivity contribution in [1.82, 2.24) is 10.7 Å². The molecule has 120 valence electrons. The Morgan fingerprint density at radius 2 is 2.14 bits per heavy atom. The molecule has 1 heterocycles. The van der Waals surface area contributed by atoms with Crippen molar-refractivity contribution < 1.29 is 19.1 Å². The summed E-state index contributed by atoms with van der Waals surface area (Å²) < 4.78 is 10.4. The summed E-state index contributed by atoms with van der Waals surface area (Å²) in [6.07, 6.45) is 2.41.